The molecule has 2 rings (SSSR count). The van der Waals surface area contributed by atoms with Crippen LogP contribution < -0.4 is 15.8 Å². The second kappa shape index (κ2) is 6.52. The van der Waals surface area contributed by atoms with Gasteiger partial charge in [0.15, 0.2) is 5.82 Å². The highest BCUT2D eigenvalue weighted by Crippen LogP contribution is 2.28. The SMILES string of the molecule is CCCOc1ncnc(Nc2ccc(F)c(C#N)c2)c1N. The van der Waals surface area contributed by atoms with Crippen molar-refractivity contribution in [2.45, 2.75) is 13.3 Å². The molecule has 0 aliphatic carbocycles. The first-order chi connectivity index (χ1) is 10.2. The van der Waals surface area contributed by atoms with Gasteiger partial charge in [0, 0.05) is 5.69 Å². The summed E-state index contributed by atoms with van der Waals surface area (Å²) >= 11 is 0. The van der Waals surface area contributed by atoms with Gasteiger partial charge in [-0.05, 0) is 24.6 Å². The monoisotopic (exact) mass is 287 g/mol. The maximum atomic E-state index is 13.3. The van der Waals surface area contributed by atoms with Gasteiger partial charge < -0.3 is 15.8 Å². The van der Waals surface area contributed by atoms with E-state index in [4.69, 9.17) is 15.7 Å². The molecule has 0 atom stereocenters. The summed E-state index contributed by atoms with van der Waals surface area (Å²) in [6.45, 7) is 2.47. The Morgan fingerprint density at radius 1 is 1.43 bits per heavy atom. The first-order valence-electron chi connectivity index (χ1n) is 6.35. The Morgan fingerprint density at radius 3 is 2.95 bits per heavy atom. The zero-order chi connectivity index (χ0) is 15.2. The van der Waals surface area contributed by atoms with Crippen molar-refractivity contribution in [1.29, 1.82) is 5.26 Å². The number of nitrogens with one attached hydrogen (secondary N) is 1. The van der Waals surface area contributed by atoms with Gasteiger partial charge in [0.2, 0.25) is 5.88 Å². The van der Waals surface area contributed by atoms with Crippen molar-refractivity contribution in [3.8, 4) is 11.9 Å². The van der Waals surface area contributed by atoms with Crippen LogP contribution in [0.15, 0.2) is 24.5 Å². The Bertz CT molecular complexity index is 684. The number of hydrogen-bond donors (Lipinski definition) is 2. The Morgan fingerprint density at radius 2 is 2.24 bits per heavy atom. The van der Waals surface area contributed by atoms with Crippen molar-refractivity contribution in [2.75, 3.05) is 17.7 Å². The van der Waals surface area contributed by atoms with Gasteiger partial charge in [0.05, 0.1) is 12.2 Å². The van der Waals surface area contributed by atoms with E-state index in [-0.39, 0.29) is 17.1 Å². The Labute approximate surface area is 121 Å². The third-order valence-electron chi connectivity index (χ3n) is 2.64. The predicted octanol–water partition coefficient (Wildman–Crippen LogP) is 2.60. The van der Waals surface area contributed by atoms with Crippen LogP contribution in [0.2, 0.25) is 0 Å². The van der Waals surface area contributed by atoms with Gasteiger partial charge in [0.1, 0.15) is 23.9 Å². The number of nitriles is 1. The van der Waals surface area contributed by atoms with Crippen LogP contribution in [0.25, 0.3) is 0 Å². The summed E-state index contributed by atoms with van der Waals surface area (Å²) < 4.78 is 18.7. The van der Waals surface area contributed by atoms with Crippen LogP contribution in [0.1, 0.15) is 18.9 Å². The minimum atomic E-state index is -0.578. The van der Waals surface area contributed by atoms with Gasteiger partial charge in [-0.25, -0.2) is 9.37 Å². The fraction of sp³-hybridized carbons (Fsp3) is 0.214. The average molecular weight is 287 g/mol. The summed E-state index contributed by atoms with van der Waals surface area (Å²) in [5.41, 5.74) is 6.62. The van der Waals surface area contributed by atoms with Gasteiger partial charge in [-0.15, -0.1) is 0 Å². The van der Waals surface area contributed by atoms with Gasteiger partial charge in [-0.3, -0.25) is 0 Å². The van der Waals surface area contributed by atoms with Crippen LogP contribution >= 0.6 is 0 Å². The second-order valence-corrected chi connectivity index (χ2v) is 4.22. The van der Waals surface area contributed by atoms with E-state index in [1.165, 1.54) is 24.5 Å². The normalized spacial score (nSPS) is 9.95. The molecule has 0 aliphatic rings. The third-order valence-corrected chi connectivity index (χ3v) is 2.64. The molecule has 1 heterocycles. The molecule has 0 saturated heterocycles. The molecular weight excluding hydrogens is 273 g/mol. The summed E-state index contributed by atoms with van der Waals surface area (Å²) in [7, 11) is 0. The number of nitrogens with zero attached hydrogens (tertiary/aromatic N) is 3. The summed E-state index contributed by atoms with van der Waals surface area (Å²) in [6, 6.07) is 5.84. The molecule has 2 aromatic rings. The first-order valence-corrected chi connectivity index (χ1v) is 6.35. The maximum absolute atomic E-state index is 13.3. The van der Waals surface area contributed by atoms with Crippen LogP contribution in [0.5, 0.6) is 5.88 Å². The smallest absolute Gasteiger partial charge is 0.242 e. The minimum absolute atomic E-state index is 0.0601. The van der Waals surface area contributed by atoms with Gasteiger partial charge >= 0.3 is 0 Å². The standard InChI is InChI=1S/C14H14FN5O/c1-2-5-21-14-12(17)13(18-8-19-14)20-10-3-4-11(15)9(6-10)7-16/h3-4,6,8H,2,5,17H2,1H3,(H,18,19,20). The third kappa shape index (κ3) is 3.36. The predicted molar refractivity (Wildman–Crippen MR) is 76.6 cm³/mol. The fourth-order valence-electron chi connectivity index (χ4n) is 1.62. The van der Waals surface area contributed by atoms with Crippen molar-refractivity contribution in [3.05, 3.63) is 35.9 Å². The van der Waals surface area contributed by atoms with E-state index in [2.05, 4.69) is 15.3 Å². The molecular formula is C14H14FN5O. The van der Waals surface area contributed by atoms with E-state index in [1.54, 1.807) is 6.07 Å². The highest BCUT2D eigenvalue weighted by Gasteiger charge is 2.10. The topological polar surface area (TPSA) is 96.9 Å². The number of benzene rings is 1. The zero-order valence-corrected chi connectivity index (χ0v) is 11.4. The van der Waals surface area contributed by atoms with Crippen LogP contribution in [-0.4, -0.2) is 16.6 Å². The number of hydrogen-bond acceptors (Lipinski definition) is 6. The number of nitrogen functional groups attached to an aromatic ring is 1. The lowest BCUT2D eigenvalue weighted by Crippen LogP contribution is -2.06. The molecule has 1 aromatic carbocycles. The summed E-state index contributed by atoms with van der Waals surface area (Å²) in [5, 5.41) is 11.7. The lowest BCUT2D eigenvalue weighted by atomic mass is 10.2. The summed E-state index contributed by atoms with van der Waals surface area (Å²) in [4.78, 5) is 7.97. The molecule has 6 nitrogen and oxygen atoms in total. The zero-order valence-electron chi connectivity index (χ0n) is 11.4. The number of nitrogens with two attached hydrogens (primary N) is 1. The van der Waals surface area contributed by atoms with Gasteiger partial charge in [-0.2, -0.15) is 10.2 Å². The van der Waals surface area contributed by atoms with Crippen LogP contribution in [0.4, 0.5) is 21.6 Å². The number of anilines is 3. The van der Waals surface area contributed by atoms with Crippen molar-refractivity contribution >= 4 is 17.2 Å². The highest BCUT2D eigenvalue weighted by atomic mass is 19.1. The van der Waals surface area contributed by atoms with Crippen molar-refractivity contribution in [2.24, 2.45) is 0 Å². The Balaban J connectivity index is 2.26. The number of halogens is 1. The van der Waals surface area contributed by atoms with Crippen molar-refractivity contribution < 1.29 is 9.13 Å². The molecule has 0 aliphatic heterocycles. The molecule has 0 fully saturated rings. The van der Waals surface area contributed by atoms with E-state index in [0.717, 1.165) is 6.42 Å². The second-order valence-electron chi connectivity index (χ2n) is 4.22. The number of ether oxygens (including phenoxy) is 1. The largest absolute Gasteiger partial charge is 0.476 e. The van der Waals surface area contributed by atoms with E-state index < -0.39 is 5.82 Å². The molecule has 0 unspecified atom stereocenters. The molecule has 3 N–H and O–H groups in total. The van der Waals surface area contributed by atoms with Crippen LogP contribution in [-0.2, 0) is 0 Å². The van der Waals surface area contributed by atoms with E-state index >= 15 is 0 Å². The van der Waals surface area contributed by atoms with Crippen LogP contribution in [0.3, 0.4) is 0 Å². The number of aromatic nitrogens is 2. The average Bonchev–Trinajstić information content (AvgIpc) is 2.50. The first kappa shape index (κ1) is 14.5. The van der Waals surface area contributed by atoms with Gasteiger partial charge in [-0.1, -0.05) is 6.92 Å². The highest BCUT2D eigenvalue weighted by molar-refractivity contribution is 5.72. The molecule has 108 valence electrons. The van der Waals surface area contributed by atoms with Crippen LogP contribution in [0, 0.1) is 17.1 Å². The summed E-state index contributed by atoms with van der Waals surface area (Å²) in [6.07, 6.45) is 2.15. The minimum Gasteiger partial charge on any atom is -0.476 e. The molecule has 0 amide bonds. The van der Waals surface area contributed by atoms with Crippen molar-refractivity contribution in [1.82, 2.24) is 9.97 Å². The van der Waals surface area contributed by atoms with E-state index in [9.17, 15) is 4.39 Å². The molecule has 1 aromatic heterocycles. The molecule has 21 heavy (non-hydrogen) atoms. The fourth-order valence-corrected chi connectivity index (χ4v) is 1.62. The van der Waals surface area contributed by atoms with E-state index in [1.807, 2.05) is 6.92 Å². The molecule has 0 radical (unpaired) electrons. The molecule has 0 bridgehead atoms. The molecule has 0 saturated carbocycles. The number of rotatable bonds is 5. The lowest BCUT2D eigenvalue weighted by Gasteiger charge is -2.11. The van der Waals surface area contributed by atoms with E-state index in [0.29, 0.717) is 18.1 Å². The Kier molecular flexibility index (Phi) is 4.51. The van der Waals surface area contributed by atoms with Crippen molar-refractivity contribution in [3.63, 3.8) is 0 Å². The lowest BCUT2D eigenvalue weighted by molar-refractivity contribution is 0.307. The maximum Gasteiger partial charge on any atom is 0.242 e. The summed E-state index contributed by atoms with van der Waals surface area (Å²) in [5.74, 6) is 0.0502. The Hall–Kier alpha value is -2.88. The van der Waals surface area contributed by atoms with Gasteiger partial charge in [0.25, 0.3) is 0 Å². The molecule has 0 spiro atoms. The quantitative estimate of drug-likeness (QED) is 0.877. The molecule has 7 heteroatoms.